The summed E-state index contributed by atoms with van der Waals surface area (Å²) >= 11 is 1.45. The first-order valence-electron chi connectivity index (χ1n) is 8.85. The summed E-state index contributed by atoms with van der Waals surface area (Å²) in [6.07, 6.45) is 0. The lowest BCUT2D eigenvalue weighted by Crippen LogP contribution is -2.11. The molecular formula is C20H19N5O2S. The highest BCUT2D eigenvalue weighted by molar-refractivity contribution is 7.16. The second-order valence-electron chi connectivity index (χ2n) is 6.22. The van der Waals surface area contributed by atoms with E-state index in [-0.39, 0.29) is 5.91 Å². The number of benzene rings is 2. The molecule has 0 unspecified atom stereocenters. The Kier molecular flexibility index (Phi) is 4.79. The monoisotopic (exact) mass is 393 g/mol. The van der Waals surface area contributed by atoms with Crippen molar-refractivity contribution in [3.05, 3.63) is 52.9 Å². The van der Waals surface area contributed by atoms with Gasteiger partial charge in [0.1, 0.15) is 11.3 Å². The van der Waals surface area contributed by atoms with Crippen LogP contribution in [0.4, 0.5) is 5.13 Å². The number of anilines is 1. The summed E-state index contributed by atoms with van der Waals surface area (Å²) in [6, 6.07) is 13.1. The average Bonchev–Trinajstić information content (AvgIpc) is 3.30. The molecule has 7 nitrogen and oxygen atoms in total. The molecule has 142 valence electrons. The van der Waals surface area contributed by atoms with Gasteiger partial charge in [-0.3, -0.25) is 10.1 Å². The van der Waals surface area contributed by atoms with Gasteiger partial charge in [-0.2, -0.15) is 0 Å². The SMILES string of the molecule is CCn1nnc2cc(C(=O)Nc3nc(-c4ccc(OC)cc4)c(C)s3)ccc21. The highest BCUT2D eigenvalue weighted by Crippen LogP contribution is 2.31. The quantitative estimate of drug-likeness (QED) is 0.551. The van der Waals surface area contributed by atoms with Crippen molar-refractivity contribution in [2.45, 2.75) is 20.4 Å². The van der Waals surface area contributed by atoms with Crippen LogP contribution in [0.3, 0.4) is 0 Å². The fourth-order valence-corrected chi connectivity index (χ4v) is 3.81. The van der Waals surface area contributed by atoms with Gasteiger partial charge in [-0.05, 0) is 56.3 Å². The van der Waals surface area contributed by atoms with E-state index in [1.165, 1.54) is 11.3 Å². The van der Waals surface area contributed by atoms with Gasteiger partial charge < -0.3 is 4.74 Å². The molecule has 0 atom stereocenters. The summed E-state index contributed by atoms with van der Waals surface area (Å²) in [6.45, 7) is 4.72. The van der Waals surface area contributed by atoms with Crippen molar-refractivity contribution in [1.29, 1.82) is 0 Å². The van der Waals surface area contributed by atoms with E-state index < -0.39 is 0 Å². The number of thiazole rings is 1. The van der Waals surface area contributed by atoms with Crippen LogP contribution in [0.1, 0.15) is 22.2 Å². The lowest BCUT2D eigenvalue weighted by atomic mass is 10.1. The molecule has 1 N–H and O–H groups in total. The molecule has 4 rings (SSSR count). The zero-order chi connectivity index (χ0) is 19.7. The number of aromatic nitrogens is 4. The molecule has 0 saturated carbocycles. The van der Waals surface area contributed by atoms with Crippen LogP contribution in [0.25, 0.3) is 22.3 Å². The minimum Gasteiger partial charge on any atom is -0.497 e. The number of amides is 1. The van der Waals surface area contributed by atoms with Gasteiger partial charge in [0.05, 0.1) is 18.3 Å². The van der Waals surface area contributed by atoms with E-state index in [0.29, 0.717) is 16.2 Å². The topological polar surface area (TPSA) is 81.9 Å². The van der Waals surface area contributed by atoms with Crippen LogP contribution in [0.5, 0.6) is 5.75 Å². The van der Waals surface area contributed by atoms with Crippen LogP contribution in [0, 0.1) is 6.92 Å². The zero-order valence-corrected chi connectivity index (χ0v) is 16.6. The average molecular weight is 393 g/mol. The predicted molar refractivity (Wildman–Crippen MR) is 110 cm³/mol. The van der Waals surface area contributed by atoms with E-state index in [2.05, 4.69) is 20.6 Å². The number of hydrogen-bond donors (Lipinski definition) is 1. The van der Waals surface area contributed by atoms with E-state index in [1.807, 2.05) is 44.2 Å². The molecule has 0 spiro atoms. The molecule has 0 radical (unpaired) electrons. The molecule has 28 heavy (non-hydrogen) atoms. The van der Waals surface area contributed by atoms with E-state index in [1.54, 1.807) is 23.9 Å². The van der Waals surface area contributed by atoms with Crippen LogP contribution >= 0.6 is 11.3 Å². The zero-order valence-electron chi connectivity index (χ0n) is 15.8. The number of rotatable bonds is 5. The molecule has 4 aromatic rings. The van der Waals surface area contributed by atoms with Crippen LogP contribution in [0.15, 0.2) is 42.5 Å². The van der Waals surface area contributed by atoms with Crippen molar-refractivity contribution < 1.29 is 9.53 Å². The lowest BCUT2D eigenvalue weighted by Gasteiger charge is -2.03. The number of carbonyl (C=O) groups excluding carboxylic acids is 1. The number of fused-ring (bicyclic) bond motifs is 1. The Morgan fingerprint density at radius 2 is 2.00 bits per heavy atom. The normalized spacial score (nSPS) is 11.0. The second kappa shape index (κ2) is 7.40. The van der Waals surface area contributed by atoms with E-state index in [0.717, 1.165) is 33.9 Å². The maximum absolute atomic E-state index is 12.7. The molecule has 2 aromatic heterocycles. The Morgan fingerprint density at radius 1 is 1.21 bits per heavy atom. The Labute approximate surface area is 166 Å². The maximum Gasteiger partial charge on any atom is 0.257 e. The highest BCUT2D eigenvalue weighted by Gasteiger charge is 2.15. The third-order valence-corrected chi connectivity index (χ3v) is 5.34. The number of nitrogens with zero attached hydrogens (tertiary/aromatic N) is 4. The molecule has 0 aliphatic heterocycles. The van der Waals surface area contributed by atoms with Gasteiger partial charge >= 0.3 is 0 Å². The number of carbonyl (C=O) groups is 1. The third-order valence-electron chi connectivity index (χ3n) is 4.46. The van der Waals surface area contributed by atoms with Crippen molar-refractivity contribution in [2.75, 3.05) is 12.4 Å². The molecule has 2 heterocycles. The number of ether oxygens (including phenoxy) is 1. The van der Waals surface area contributed by atoms with Gasteiger partial charge in [0.2, 0.25) is 0 Å². The van der Waals surface area contributed by atoms with Crippen LogP contribution in [-0.4, -0.2) is 33.0 Å². The van der Waals surface area contributed by atoms with E-state index in [4.69, 9.17) is 4.74 Å². The van der Waals surface area contributed by atoms with Crippen LogP contribution in [0.2, 0.25) is 0 Å². The molecule has 0 bridgehead atoms. The Balaban J connectivity index is 1.56. The maximum atomic E-state index is 12.7. The molecule has 0 saturated heterocycles. The first-order valence-corrected chi connectivity index (χ1v) is 9.67. The van der Waals surface area contributed by atoms with Crippen molar-refractivity contribution in [2.24, 2.45) is 0 Å². The van der Waals surface area contributed by atoms with Crippen molar-refractivity contribution >= 4 is 33.4 Å². The number of methoxy groups -OCH3 is 1. The second-order valence-corrected chi connectivity index (χ2v) is 7.42. The molecule has 0 aliphatic rings. The van der Waals surface area contributed by atoms with Crippen molar-refractivity contribution in [3.8, 4) is 17.0 Å². The molecule has 0 aliphatic carbocycles. The smallest absolute Gasteiger partial charge is 0.257 e. The summed E-state index contributed by atoms with van der Waals surface area (Å²) in [5.74, 6) is 0.573. The molecule has 8 heteroatoms. The number of hydrogen-bond acceptors (Lipinski definition) is 6. The van der Waals surface area contributed by atoms with Gasteiger partial charge in [-0.1, -0.05) is 5.21 Å². The molecular weight excluding hydrogens is 374 g/mol. The highest BCUT2D eigenvalue weighted by atomic mass is 32.1. The summed E-state index contributed by atoms with van der Waals surface area (Å²) < 4.78 is 6.99. The Morgan fingerprint density at radius 3 is 2.71 bits per heavy atom. The Bertz CT molecular complexity index is 1150. The van der Waals surface area contributed by atoms with Crippen molar-refractivity contribution in [3.63, 3.8) is 0 Å². The standard InChI is InChI=1S/C20H19N5O2S/c1-4-25-17-10-7-14(11-16(17)23-24-25)19(26)22-20-21-18(12(2)28-20)13-5-8-15(27-3)9-6-13/h5-11H,4H2,1-3H3,(H,21,22,26). The fourth-order valence-electron chi connectivity index (χ4n) is 2.98. The lowest BCUT2D eigenvalue weighted by molar-refractivity contribution is 0.102. The minimum absolute atomic E-state index is 0.219. The van der Waals surface area contributed by atoms with Crippen molar-refractivity contribution in [1.82, 2.24) is 20.0 Å². The van der Waals surface area contributed by atoms with Gasteiger partial charge in [0.25, 0.3) is 5.91 Å². The van der Waals surface area contributed by atoms with Gasteiger partial charge in [-0.25, -0.2) is 9.67 Å². The van der Waals surface area contributed by atoms with Gasteiger partial charge in [0, 0.05) is 22.5 Å². The third kappa shape index (κ3) is 3.34. The van der Waals surface area contributed by atoms with Crippen LogP contribution < -0.4 is 10.1 Å². The molecule has 1 amide bonds. The first-order chi connectivity index (χ1) is 13.6. The largest absolute Gasteiger partial charge is 0.497 e. The van der Waals surface area contributed by atoms with E-state index in [9.17, 15) is 4.79 Å². The van der Waals surface area contributed by atoms with E-state index >= 15 is 0 Å². The minimum atomic E-state index is -0.219. The molecule has 2 aromatic carbocycles. The molecule has 0 fully saturated rings. The number of nitrogens with one attached hydrogen (secondary N) is 1. The summed E-state index contributed by atoms with van der Waals surface area (Å²) in [5.41, 5.74) is 3.96. The summed E-state index contributed by atoms with van der Waals surface area (Å²) in [4.78, 5) is 18.3. The van der Waals surface area contributed by atoms with Crippen LogP contribution in [-0.2, 0) is 6.54 Å². The predicted octanol–water partition coefficient (Wildman–Crippen LogP) is 4.14. The Hall–Kier alpha value is -3.26. The summed E-state index contributed by atoms with van der Waals surface area (Å²) in [5, 5.41) is 11.6. The number of aryl methyl sites for hydroxylation is 2. The van der Waals surface area contributed by atoms with Gasteiger partial charge in [0.15, 0.2) is 5.13 Å². The first kappa shape index (κ1) is 18.1. The summed E-state index contributed by atoms with van der Waals surface area (Å²) in [7, 11) is 1.64. The van der Waals surface area contributed by atoms with Gasteiger partial charge in [-0.15, -0.1) is 16.4 Å². The fraction of sp³-hybridized carbons (Fsp3) is 0.200.